The number of hydrogen-bond acceptors (Lipinski definition) is 4. The molecule has 0 radical (unpaired) electrons. The first-order valence-electron chi connectivity index (χ1n) is 12.6. The van der Waals surface area contributed by atoms with Crippen molar-refractivity contribution in [2.24, 2.45) is 5.92 Å². The van der Waals surface area contributed by atoms with E-state index < -0.39 is 0 Å². The second-order valence-electron chi connectivity index (χ2n) is 9.64. The number of amides is 1. The van der Waals surface area contributed by atoms with Crippen molar-refractivity contribution in [3.63, 3.8) is 0 Å². The number of benzene rings is 2. The molecule has 8 heteroatoms. The normalized spacial score (nSPS) is 17.0. The maximum atomic E-state index is 12.3. The molecule has 0 unspecified atom stereocenters. The summed E-state index contributed by atoms with van der Waals surface area (Å²) in [7, 11) is 1.66. The fourth-order valence-electron chi connectivity index (χ4n) is 4.76. The number of rotatable bonds is 7. The molecule has 5 rings (SSSR count). The minimum Gasteiger partial charge on any atom is -0.497 e. The molecule has 3 heterocycles. The van der Waals surface area contributed by atoms with Crippen LogP contribution >= 0.6 is 12.2 Å². The summed E-state index contributed by atoms with van der Waals surface area (Å²) in [5, 5.41) is 7.17. The van der Waals surface area contributed by atoms with Crippen LogP contribution in [0.5, 0.6) is 5.75 Å². The van der Waals surface area contributed by atoms with Crippen molar-refractivity contribution in [2.75, 3.05) is 17.3 Å². The smallest absolute Gasteiger partial charge is 0.226 e. The summed E-state index contributed by atoms with van der Waals surface area (Å²) in [5.41, 5.74) is 5.69. The summed E-state index contributed by atoms with van der Waals surface area (Å²) in [6, 6.07) is 23.8. The van der Waals surface area contributed by atoms with Gasteiger partial charge in [0, 0.05) is 41.1 Å². The molecular formula is C30H31N5O2S. The van der Waals surface area contributed by atoms with Crippen LogP contribution in [0.1, 0.15) is 42.9 Å². The third kappa shape index (κ3) is 4.87. The van der Waals surface area contributed by atoms with Crippen LogP contribution in [0.3, 0.4) is 0 Å². The SMILES string of the molecule is COc1ccc(-n2cccc2[C@@H]2[C@@H](c3ccccn3)NC(=S)N2c2ccc(NC(=O)C(C)C)c(C)c2)cc1. The third-order valence-electron chi connectivity index (χ3n) is 6.80. The summed E-state index contributed by atoms with van der Waals surface area (Å²) in [5.74, 6) is 0.697. The topological polar surface area (TPSA) is 71.4 Å². The molecule has 1 aliphatic rings. The Bertz CT molecular complexity index is 1450. The first-order chi connectivity index (χ1) is 18.4. The van der Waals surface area contributed by atoms with E-state index in [0.29, 0.717) is 5.11 Å². The fraction of sp³-hybridized carbons (Fsp3) is 0.233. The number of anilines is 2. The second kappa shape index (κ2) is 10.7. The van der Waals surface area contributed by atoms with E-state index in [1.165, 1.54) is 0 Å². The van der Waals surface area contributed by atoms with Gasteiger partial charge in [-0.3, -0.25) is 9.78 Å². The van der Waals surface area contributed by atoms with Gasteiger partial charge in [-0.15, -0.1) is 0 Å². The van der Waals surface area contributed by atoms with E-state index in [9.17, 15) is 4.79 Å². The lowest BCUT2D eigenvalue weighted by Gasteiger charge is -2.29. The maximum Gasteiger partial charge on any atom is 0.226 e. The van der Waals surface area contributed by atoms with Crippen molar-refractivity contribution >= 4 is 34.6 Å². The quantitative estimate of drug-likeness (QED) is 0.290. The molecule has 1 saturated heterocycles. The van der Waals surface area contributed by atoms with E-state index in [1.807, 2.05) is 81.4 Å². The van der Waals surface area contributed by atoms with Crippen LogP contribution in [0.25, 0.3) is 5.69 Å². The van der Waals surface area contributed by atoms with Crippen LogP contribution in [0, 0.1) is 12.8 Å². The Morgan fingerprint density at radius 3 is 2.47 bits per heavy atom. The number of pyridine rings is 1. The van der Waals surface area contributed by atoms with Gasteiger partial charge in [0.1, 0.15) is 11.8 Å². The van der Waals surface area contributed by atoms with Crippen molar-refractivity contribution in [1.29, 1.82) is 0 Å². The summed E-state index contributed by atoms with van der Waals surface area (Å²) in [6.45, 7) is 5.76. The number of carbonyl (C=O) groups is 1. The number of methoxy groups -OCH3 is 1. The molecule has 1 aliphatic heterocycles. The van der Waals surface area contributed by atoms with Gasteiger partial charge in [0.2, 0.25) is 5.91 Å². The van der Waals surface area contributed by atoms with E-state index in [2.05, 4.69) is 43.4 Å². The van der Waals surface area contributed by atoms with Gasteiger partial charge in [-0.1, -0.05) is 19.9 Å². The first kappa shape index (κ1) is 25.5. The number of aromatic nitrogens is 2. The Kier molecular flexibility index (Phi) is 7.15. The van der Waals surface area contributed by atoms with Gasteiger partial charge in [0.15, 0.2) is 5.11 Å². The molecular weight excluding hydrogens is 494 g/mol. The number of nitrogens with one attached hydrogen (secondary N) is 2. The van der Waals surface area contributed by atoms with Gasteiger partial charge in [0.25, 0.3) is 0 Å². The molecule has 2 N–H and O–H groups in total. The van der Waals surface area contributed by atoms with Crippen LogP contribution in [0.15, 0.2) is 85.2 Å². The molecule has 38 heavy (non-hydrogen) atoms. The zero-order valence-corrected chi connectivity index (χ0v) is 22.7. The Labute approximate surface area is 228 Å². The lowest BCUT2D eigenvalue weighted by atomic mass is 10.00. The second-order valence-corrected chi connectivity index (χ2v) is 10.0. The molecule has 1 fully saturated rings. The van der Waals surface area contributed by atoms with E-state index in [1.54, 1.807) is 13.3 Å². The fourth-order valence-corrected chi connectivity index (χ4v) is 5.11. The van der Waals surface area contributed by atoms with Crippen LogP contribution in [-0.4, -0.2) is 27.7 Å². The van der Waals surface area contributed by atoms with Crippen molar-refractivity contribution in [3.05, 3.63) is 102 Å². The van der Waals surface area contributed by atoms with Gasteiger partial charge < -0.3 is 24.8 Å². The van der Waals surface area contributed by atoms with Crippen molar-refractivity contribution in [2.45, 2.75) is 32.9 Å². The summed E-state index contributed by atoms with van der Waals surface area (Å²) in [4.78, 5) is 19.1. The molecule has 0 bridgehead atoms. The monoisotopic (exact) mass is 525 g/mol. The number of carbonyl (C=O) groups excluding carboxylic acids is 1. The van der Waals surface area contributed by atoms with E-state index >= 15 is 0 Å². The van der Waals surface area contributed by atoms with Crippen LogP contribution in [0.2, 0.25) is 0 Å². The summed E-state index contributed by atoms with van der Waals surface area (Å²) >= 11 is 5.92. The third-order valence-corrected chi connectivity index (χ3v) is 7.12. The lowest BCUT2D eigenvalue weighted by molar-refractivity contribution is -0.118. The summed E-state index contributed by atoms with van der Waals surface area (Å²) < 4.78 is 7.53. The number of ether oxygens (including phenoxy) is 1. The minimum atomic E-state index is -0.176. The molecule has 1 amide bonds. The lowest BCUT2D eigenvalue weighted by Crippen LogP contribution is -2.30. The highest BCUT2D eigenvalue weighted by Gasteiger charge is 2.42. The number of aryl methyl sites for hydroxylation is 1. The zero-order chi connectivity index (χ0) is 26.8. The van der Waals surface area contributed by atoms with E-state index in [0.717, 1.165) is 39.8 Å². The molecule has 2 aromatic carbocycles. The molecule has 4 aromatic rings. The highest BCUT2D eigenvalue weighted by atomic mass is 32.1. The molecule has 7 nitrogen and oxygen atoms in total. The van der Waals surface area contributed by atoms with Gasteiger partial charge in [-0.05, 0) is 91.4 Å². The van der Waals surface area contributed by atoms with Crippen molar-refractivity contribution in [1.82, 2.24) is 14.9 Å². The van der Waals surface area contributed by atoms with E-state index in [-0.39, 0.29) is 23.9 Å². The Balaban J connectivity index is 1.59. The average Bonchev–Trinajstić information content (AvgIpc) is 3.54. The Hall–Kier alpha value is -4.17. The van der Waals surface area contributed by atoms with Crippen LogP contribution in [-0.2, 0) is 4.79 Å². The molecule has 0 saturated carbocycles. The van der Waals surface area contributed by atoms with Crippen molar-refractivity contribution in [3.8, 4) is 11.4 Å². The molecule has 0 aliphatic carbocycles. The van der Waals surface area contributed by atoms with Gasteiger partial charge in [-0.2, -0.15) is 0 Å². The zero-order valence-electron chi connectivity index (χ0n) is 21.9. The number of hydrogen-bond donors (Lipinski definition) is 2. The molecule has 2 atom stereocenters. The van der Waals surface area contributed by atoms with Gasteiger partial charge in [0.05, 0.1) is 18.8 Å². The predicted octanol–water partition coefficient (Wildman–Crippen LogP) is 5.96. The molecule has 0 spiro atoms. The Morgan fingerprint density at radius 1 is 1.05 bits per heavy atom. The van der Waals surface area contributed by atoms with Crippen LogP contribution < -0.4 is 20.3 Å². The van der Waals surface area contributed by atoms with Crippen LogP contribution in [0.4, 0.5) is 11.4 Å². The first-order valence-corrected chi connectivity index (χ1v) is 13.0. The minimum absolute atomic E-state index is 0.00961. The average molecular weight is 526 g/mol. The predicted molar refractivity (Wildman–Crippen MR) is 155 cm³/mol. The van der Waals surface area contributed by atoms with Gasteiger partial charge >= 0.3 is 0 Å². The number of thiocarbonyl (C=S) groups is 1. The number of nitrogens with zero attached hydrogens (tertiary/aromatic N) is 3. The Morgan fingerprint density at radius 2 is 1.82 bits per heavy atom. The maximum absolute atomic E-state index is 12.3. The van der Waals surface area contributed by atoms with E-state index in [4.69, 9.17) is 17.0 Å². The highest BCUT2D eigenvalue weighted by Crippen LogP contribution is 2.43. The summed E-state index contributed by atoms with van der Waals surface area (Å²) in [6.07, 6.45) is 3.86. The molecule has 2 aromatic heterocycles. The van der Waals surface area contributed by atoms with Gasteiger partial charge in [-0.25, -0.2) is 0 Å². The largest absolute Gasteiger partial charge is 0.497 e. The highest BCUT2D eigenvalue weighted by molar-refractivity contribution is 7.80. The molecule has 194 valence electrons. The standard InChI is InChI=1S/C30H31N5O2S/c1-19(2)29(36)32-24-15-12-22(18-20(24)3)35-28(27(33-30(35)38)25-8-5-6-16-31-25)26-9-7-17-34(26)21-10-13-23(37-4)14-11-21/h5-19,27-28H,1-4H3,(H,32,36)(H,33,38)/t27-,28-/m1/s1. The van der Waals surface area contributed by atoms with Crippen molar-refractivity contribution < 1.29 is 9.53 Å².